The number of hydrogen-bond donors (Lipinski definition) is 1. The van der Waals surface area contributed by atoms with Crippen molar-refractivity contribution in [3.8, 4) is 5.75 Å². The number of nitrogen functional groups attached to an aromatic ring is 1. The maximum Gasteiger partial charge on any atom is 0.419 e. The molecule has 0 spiro atoms. The number of piperidine rings is 1. The highest BCUT2D eigenvalue weighted by atomic mass is 19.3. The van der Waals surface area contributed by atoms with Crippen LogP contribution in [0.5, 0.6) is 5.75 Å². The number of methoxy groups -OCH3 is 2. The van der Waals surface area contributed by atoms with E-state index >= 15 is 0 Å². The number of esters is 1. The van der Waals surface area contributed by atoms with Crippen LogP contribution in [-0.4, -0.2) is 58.8 Å². The zero-order chi connectivity index (χ0) is 30.7. The van der Waals surface area contributed by atoms with Crippen molar-refractivity contribution in [3.05, 3.63) is 52.8 Å². The number of ether oxygens (including phenoxy) is 3. The molecule has 0 saturated carbocycles. The van der Waals surface area contributed by atoms with Crippen LogP contribution in [0.2, 0.25) is 0 Å². The van der Waals surface area contributed by atoms with E-state index < -0.39 is 36.0 Å². The standard InChI is InChI=1S/C28H34F2N4O5.C2H6/c1-16-13-22(37-5)19(17-9-11-34(23(16)17)26(36)39-27(2,3)4)15-33-12-10-28(29,30)14-21(33)20-8-7-18(24(31)32-20)25(35)38-6;1-2/h7-9,11,13,21H,10,12,14-15H2,1-6H3,(H2,31,32);1-2H3. The van der Waals surface area contributed by atoms with Gasteiger partial charge in [0.2, 0.25) is 0 Å². The molecule has 224 valence electrons. The Morgan fingerprint density at radius 3 is 2.44 bits per heavy atom. The number of rotatable bonds is 5. The number of carbonyl (C=O) groups excluding carboxylic acids is 2. The molecule has 11 heteroatoms. The Kier molecular flexibility index (Phi) is 9.63. The predicted molar refractivity (Wildman–Crippen MR) is 154 cm³/mol. The average molecular weight is 575 g/mol. The Balaban J connectivity index is 0.00000226. The summed E-state index contributed by atoms with van der Waals surface area (Å²) >= 11 is 0. The van der Waals surface area contributed by atoms with Crippen LogP contribution >= 0.6 is 0 Å². The van der Waals surface area contributed by atoms with Gasteiger partial charge in [-0.1, -0.05) is 13.8 Å². The number of fused-ring (bicyclic) bond motifs is 1. The van der Waals surface area contributed by atoms with Gasteiger partial charge >= 0.3 is 12.1 Å². The Morgan fingerprint density at radius 2 is 1.85 bits per heavy atom. The summed E-state index contributed by atoms with van der Waals surface area (Å²) in [5, 5.41) is 0.752. The lowest BCUT2D eigenvalue weighted by Crippen LogP contribution is -2.42. The lowest BCUT2D eigenvalue weighted by molar-refractivity contribution is -0.0823. The number of alkyl halides is 2. The summed E-state index contributed by atoms with van der Waals surface area (Å²) in [7, 11) is 2.77. The molecule has 4 rings (SSSR count). The second kappa shape index (κ2) is 12.4. The minimum Gasteiger partial charge on any atom is -0.496 e. The average Bonchev–Trinajstić information content (AvgIpc) is 3.37. The number of pyridine rings is 1. The summed E-state index contributed by atoms with van der Waals surface area (Å²) < 4.78 is 46.8. The van der Waals surface area contributed by atoms with E-state index in [0.717, 1.165) is 16.5 Å². The number of hydrogen-bond acceptors (Lipinski definition) is 8. The van der Waals surface area contributed by atoms with Crippen LogP contribution < -0.4 is 10.5 Å². The van der Waals surface area contributed by atoms with E-state index in [1.165, 1.54) is 23.8 Å². The van der Waals surface area contributed by atoms with Crippen molar-refractivity contribution in [2.45, 2.75) is 78.5 Å². The normalized spacial score (nSPS) is 17.0. The maximum atomic E-state index is 14.7. The molecule has 1 saturated heterocycles. The first-order chi connectivity index (χ1) is 19.2. The first-order valence-corrected chi connectivity index (χ1v) is 13.6. The molecule has 0 amide bonds. The largest absolute Gasteiger partial charge is 0.496 e. The highest BCUT2D eigenvalue weighted by Crippen LogP contribution is 2.42. The monoisotopic (exact) mass is 574 g/mol. The molecule has 1 atom stereocenters. The van der Waals surface area contributed by atoms with Crippen molar-refractivity contribution in [2.75, 3.05) is 26.5 Å². The molecule has 2 aromatic heterocycles. The van der Waals surface area contributed by atoms with Gasteiger partial charge in [-0.15, -0.1) is 0 Å². The number of benzene rings is 1. The number of nitrogens with two attached hydrogens (primary N) is 1. The quantitative estimate of drug-likeness (QED) is 0.344. The van der Waals surface area contributed by atoms with E-state index in [0.29, 0.717) is 17.0 Å². The van der Waals surface area contributed by atoms with Gasteiger partial charge in [0.25, 0.3) is 5.92 Å². The predicted octanol–water partition coefficient (Wildman–Crippen LogP) is 6.50. The van der Waals surface area contributed by atoms with Crippen LogP contribution in [0, 0.1) is 6.92 Å². The molecule has 3 heterocycles. The smallest absolute Gasteiger partial charge is 0.419 e. The molecule has 0 radical (unpaired) electrons. The Morgan fingerprint density at radius 1 is 1.17 bits per heavy atom. The van der Waals surface area contributed by atoms with E-state index in [1.807, 2.05) is 31.7 Å². The Bertz CT molecular complexity index is 1410. The third kappa shape index (κ3) is 6.95. The van der Waals surface area contributed by atoms with Gasteiger partial charge in [-0.2, -0.15) is 0 Å². The van der Waals surface area contributed by atoms with Crippen molar-refractivity contribution in [1.82, 2.24) is 14.5 Å². The lowest BCUT2D eigenvalue weighted by Gasteiger charge is -2.39. The van der Waals surface area contributed by atoms with Crippen LogP contribution in [0.3, 0.4) is 0 Å². The number of nitrogens with zero attached hydrogens (tertiary/aromatic N) is 3. The first kappa shape index (κ1) is 31.8. The van der Waals surface area contributed by atoms with Gasteiger partial charge in [0.15, 0.2) is 0 Å². The molecule has 1 fully saturated rings. The fraction of sp³-hybridized carbons (Fsp3) is 0.500. The van der Waals surface area contributed by atoms with Crippen LogP contribution in [0.15, 0.2) is 30.5 Å². The summed E-state index contributed by atoms with van der Waals surface area (Å²) in [6, 6.07) is 5.83. The molecular weight excluding hydrogens is 534 g/mol. The lowest BCUT2D eigenvalue weighted by atomic mass is 9.93. The van der Waals surface area contributed by atoms with Crippen molar-refractivity contribution >= 4 is 28.8 Å². The van der Waals surface area contributed by atoms with E-state index in [1.54, 1.807) is 40.1 Å². The van der Waals surface area contributed by atoms with Crippen LogP contribution in [0.1, 0.15) is 80.7 Å². The van der Waals surface area contributed by atoms with Crippen molar-refractivity contribution in [2.24, 2.45) is 0 Å². The summed E-state index contributed by atoms with van der Waals surface area (Å²) in [5.74, 6) is -3.06. The van der Waals surface area contributed by atoms with Gasteiger partial charge < -0.3 is 19.9 Å². The number of aryl methyl sites for hydroxylation is 1. The third-order valence-corrected chi connectivity index (χ3v) is 6.79. The second-order valence-corrected chi connectivity index (χ2v) is 10.8. The number of carbonyl (C=O) groups is 2. The molecule has 1 aromatic carbocycles. The molecule has 9 nitrogen and oxygen atoms in total. The van der Waals surface area contributed by atoms with Crippen molar-refractivity contribution in [1.29, 1.82) is 0 Å². The van der Waals surface area contributed by atoms with Crippen molar-refractivity contribution in [3.63, 3.8) is 0 Å². The second-order valence-electron chi connectivity index (χ2n) is 10.8. The highest BCUT2D eigenvalue weighted by molar-refractivity contribution is 5.95. The van der Waals surface area contributed by atoms with E-state index in [2.05, 4.69) is 4.98 Å². The summed E-state index contributed by atoms with van der Waals surface area (Å²) in [5.41, 5.74) is 7.92. The topological polar surface area (TPSA) is 109 Å². The molecule has 0 bridgehead atoms. The molecule has 3 aromatic rings. The first-order valence-electron chi connectivity index (χ1n) is 13.6. The summed E-state index contributed by atoms with van der Waals surface area (Å²) in [4.78, 5) is 31.1. The van der Waals surface area contributed by atoms with Gasteiger partial charge in [0, 0.05) is 43.1 Å². The van der Waals surface area contributed by atoms with E-state index in [4.69, 9.17) is 19.9 Å². The zero-order valence-corrected chi connectivity index (χ0v) is 25.0. The zero-order valence-electron chi connectivity index (χ0n) is 25.0. The van der Waals surface area contributed by atoms with E-state index in [-0.39, 0.29) is 30.9 Å². The molecular formula is C30H40F2N4O5. The third-order valence-electron chi connectivity index (χ3n) is 6.79. The molecule has 1 unspecified atom stereocenters. The number of likely N-dealkylation sites (tertiary alicyclic amines) is 1. The van der Waals surface area contributed by atoms with E-state index in [9.17, 15) is 18.4 Å². The van der Waals surface area contributed by atoms with Gasteiger partial charge in [-0.05, 0) is 57.5 Å². The Hall–Kier alpha value is -3.73. The Labute approximate surface area is 239 Å². The summed E-state index contributed by atoms with van der Waals surface area (Å²) in [6.45, 7) is 11.6. The van der Waals surface area contributed by atoms with Crippen LogP contribution in [0.25, 0.3) is 10.9 Å². The molecule has 41 heavy (non-hydrogen) atoms. The van der Waals surface area contributed by atoms with Crippen molar-refractivity contribution < 1.29 is 32.6 Å². The summed E-state index contributed by atoms with van der Waals surface area (Å²) in [6.07, 6.45) is 0.338. The number of aromatic nitrogens is 2. The maximum absolute atomic E-state index is 14.7. The minimum atomic E-state index is -2.90. The molecule has 1 aliphatic heterocycles. The molecule has 1 aliphatic rings. The van der Waals surface area contributed by atoms with Gasteiger partial charge in [-0.3, -0.25) is 9.47 Å². The highest BCUT2D eigenvalue weighted by Gasteiger charge is 2.42. The minimum absolute atomic E-state index is 0.0702. The van der Waals surface area contributed by atoms with Crippen LogP contribution in [-0.2, 0) is 16.0 Å². The van der Waals surface area contributed by atoms with Gasteiger partial charge in [-0.25, -0.2) is 23.4 Å². The SMILES string of the molecule is CC.COC(=O)c1ccc(C2CC(F)(F)CCN2Cc2c(OC)cc(C)c3c2ccn3C(=O)OC(C)(C)C)nc1N. The number of halogens is 2. The van der Waals surface area contributed by atoms with Crippen LogP contribution in [0.4, 0.5) is 19.4 Å². The molecule has 0 aliphatic carbocycles. The fourth-order valence-corrected chi connectivity index (χ4v) is 4.99. The molecule has 2 N–H and O–H groups in total. The van der Waals surface area contributed by atoms with Gasteiger partial charge in [0.05, 0.1) is 31.5 Å². The van der Waals surface area contributed by atoms with Gasteiger partial charge in [0.1, 0.15) is 22.7 Å². The fourth-order valence-electron chi connectivity index (χ4n) is 4.99. The number of anilines is 1.